The van der Waals surface area contributed by atoms with Crippen molar-refractivity contribution in [2.75, 3.05) is 0 Å². The number of aliphatic hydroxyl groups excluding tert-OH is 1. The lowest BCUT2D eigenvalue weighted by atomic mass is 9.87. The maximum absolute atomic E-state index is 11.8. The second-order valence-corrected chi connectivity index (χ2v) is 4.70. The normalized spacial score (nSPS) is 26.3. The lowest BCUT2D eigenvalue weighted by molar-refractivity contribution is -0.138. The number of fused-ring (bicyclic) bond motifs is 1. The van der Waals surface area contributed by atoms with Crippen molar-refractivity contribution in [3.63, 3.8) is 0 Å². The topological polar surface area (TPSA) is 87.0 Å². The third-order valence-corrected chi connectivity index (χ3v) is 3.37. The molecule has 2 unspecified atom stereocenters. The van der Waals surface area contributed by atoms with Crippen LogP contribution in [0.1, 0.15) is 5.56 Å². The van der Waals surface area contributed by atoms with E-state index in [4.69, 9.17) is 4.74 Å². The summed E-state index contributed by atoms with van der Waals surface area (Å²) in [5.41, 5.74) is 0.589. The molecule has 0 spiro atoms. The average molecular weight is 272 g/mol. The van der Waals surface area contributed by atoms with Crippen LogP contribution in [0, 0.1) is 11.8 Å². The van der Waals surface area contributed by atoms with Gasteiger partial charge in [0.15, 0.2) is 11.5 Å². The highest BCUT2D eigenvalue weighted by Gasteiger charge is 2.43. The van der Waals surface area contributed by atoms with Crippen molar-refractivity contribution in [1.29, 1.82) is 0 Å². The zero-order chi connectivity index (χ0) is 14.3. The van der Waals surface area contributed by atoms with Crippen molar-refractivity contribution in [3.05, 3.63) is 53.5 Å². The smallest absolute Gasteiger partial charge is 0.322 e. The SMILES string of the molecule is O=C1OC(=Cc2ccc(O)c(O)c2)C2C=CC=C(O)C12. The van der Waals surface area contributed by atoms with Gasteiger partial charge in [-0.05, 0) is 29.8 Å². The highest BCUT2D eigenvalue weighted by molar-refractivity contribution is 5.82. The van der Waals surface area contributed by atoms with Crippen LogP contribution in [0.2, 0.25) is 0 Å². The van der Waals surface area contributed by atoms with Crippen LogP contribution in [0.25, 0.3) is 6.08 Å². The van der Waals surface area contributed by atoms with Gasteiger partial charge in [-0.15, -0.1) is 0 Å². The van der Waals surface area contributed by atoms with Crippen molar-refractivity contribution < 1.29 is 24.9 Å². The fourth-order valence-corrected chi connectivity index (χ4v) is 2.37. The third kappa shape index (κ3) is 1.93. The maximum atomic E-state index is 11.8. The van der Waals surface area contributed by atoms with E-state index in [2.05, 4.69) is 0 Å². The van der Waals surface area contributed by atoms with Crippen molar-refractivity contribution in [2.45, 2.75) is 0 Å². The fraction of sp³-hybridized carbons (Fsp3) is 0.133. The number of carbonyl (C=O) groups is 1. The highest BCUT2D eigenvalue weighted by Crippen LogP contribution is 2.40. The first kappa shape index (κ1) is 12.3. The van der Waals surface area contributed by atoms with Crippen LogP contribution in [-0.2, 0) is 9.53 Å². The zero-order valence-corrected chi connectivity index (χ0v) is 10.4. The molecule has 1 aliphatic heterocycles. The molecule has 1 saturated heterocycles. The summed E-state index contributed by atoms with van der Waals surface area (Å²) in [6.07, 6.45) is 6.52. The molecule has 1 fully saturated rings. The Morgan fingerprint density at radius 1 is 1.15 bits per heavy atom. The number of rotatable bonds is 1. The molecule has 1 aliphatic carbocycles. The molecule has 0 amide bonds. The molecule has 0 bridgehead atoms. The van der Waals surface area contributed by atoms with E-state index in [0.29, 0.717) is 11.3 Å². The minimum atomic E-state index is -0.697. The Balaban J connectivity index is 1.97. The maximum Gasteiger partial charge on any atom is 0.322 e. The van der Waals surface area contributed by atoms with E-state index in [-0.39, 0.29) is 23.2 Å². The first-order chi connectivity index (χ1) is 9.56. The molecule has 5 heteroatoms. The Hall–Kier alpha value is -2.69. The second-order valence-electron chi connectivity index (χ2n) is 4.70. The number of carbonyl (C=O) groups excluding carboxylic acids is 1. The number of esters is 1. The van der Waals surface area contributed by atoms with Crippen LogP contribution in [0.3, 0.4) is 0 Å². The number of hydrogen-bond acceptors (Lipinski definition) is 5. The van der Waals surface area contributed by atoms with Crippen molar-refractivity contribution >= 4 is 12.0 Å². The Morgan fingerprint density at radius 3 is 2.70 bits per heavy atom. The molecule has 0 radical (unpaired) electrons. The predicted octanol–water partition coefficient (Wildman–Crippen LogP) is 2.24. The lowest BCUT2D eigenvalue weighted by Crippen LogP contribution is -2.18. The number of phenolic OH excluding ortho intramolecular Hbond substituents is 2. The molecule has 2 atom stereocenters. The Bertz CT molecular complexity index is 669. The average Bonchev–Trinajstić information content (AvgIpc) is 2.72. The molecule has 5 nitrogen and oxygen atoms in total. The van der Waals surface area contributed by atoms with Gasteiger partial charge in [0, 0.05) is 0 Å². The van der Waals surface area contributed by atoms with E-state index in [0.717, 1.165) is 0 Å². The number of hydrogen-bond donors (Lipinski definition) is 3. The van der Waals surface area contributed by atoms with Gasteiger partial charge in [0.05, 0.1) is 5.92 Å². The van der Waals surface area contributed by atoms with E-state index in [1.165, 1.54) is 18.2 Å². The minimum absolute atomic E-state index is 0.0144. The van der Waals surface area contributed by atoms with E-state index in [9.17, 15) is 20.1 Å². The molecular formula is C15H12O5. The predicted molar refractivity (Wildman–Crippen MR) is 70.7 cm³/mol. The largest absolute Gasteiger partial charge is 0.511 e. The van der Waals surface area contributed by atoms with Crippen LogP contribution < -0.4 is 0 Å². The van der Waals surface area contributed by atoms with Crippen LogP contribution in [0.5, 0.6) is 11.5 Å². The molecular weight excluding hydrogens is 260 g/mol. The minimum Gasteiger partial charge on any atom is -0.511 e. The first-order valence-corrected chi connectivity index (χ1v) is 6.09. The van der Waals surface area contributed by atoms with Gasteiger partial charge in [0.25, 0.3) is 0 Å². The number of allylic oxidation sites excluding steroid dienone is 3. The number of aliphatic hydroxyl groups is 1. The molecule has 0 saturated carbocycles. The van der Waals surface area contributed by atoms with Crippen LogP contribution in [0.15, 0.2) is 47.9 Å². The first-order valence-electron chi connectivity index (χ1n) is 6.09. The summed E-state index contributed by atoms with van der Waals surface area (Å²) in [5.74, 6) is -1.61. The van der Waals surface area contributed by atoms with Crippen LogP contribution >= 0.6 is 0 Å². The fourth-order valence-electron chi connectivity index (χ4n) is 2.37. The number of benzene rings is 1. The van der Waals surface area contributed by atoms with Gasteiger partial charge in [-0.3, -0.25) is 4.79 Å². The molecule has 1 heterocycles. The molecule has 102 valence electrons. The lowest BCUT2D eigenvalue weighted by Gasteiger charge is -2.14. The highest BCUT2D eigenvalue weighted by atomic mass is 16.5. The zero-order valence-electron chi connectivity index (χ0n) is 10.4. The van der Waals surface area contributed by atoms with Gasteiger partial charge in [0.1, 0.15) is 17.4 Å². The van der Waals surface area contributed by atoms with E-state index in [1.807, 2.05) is 0 Å². The van der Waals surface area contributed by atoms with Crippen LogP contribution in [-0.4, -0.2) is 21.3 Å². The van der Waals surface area contributed by atoms with E-state index >= 15 is 0 Å². The Labute approximate surface area is 114 Å². The third-order valence-electron chi connectivity index (χ3n) is 3.37. The van der Waals surface area contributed by atoms with Gasteiger partial charge in [-0.2, -0.15) is 0 Å². The summed E-state index contributed by atoms with van der Waals surface area (Å²) in [5, 5.41) is 28.4. The Kier molecular flexibility index (Phi) is 2.75. The molecule has 0 aromatic heterocycles. The molecule has 2 aliphatic rings. The molecule has 1 aromatic rings. The number of aromatic hydroxyl groups is 2. The summed E-state index contributed by atoms with van der Waals surface area (Å²) in [7, 11) is 0. The second kappa shape index (κ2) is 4.45. The van der Waals surface area contributed by atoms with Gasteiger partial charge in [-0.1, -0.05) is 18.2 Å². The summed E-state index contributed by atoms with van der Waals surface area (Å²) in [4.78, 5) is 11.8. The number of cyclic esters (lactones) is 1. The summed E-state index contributed by atoms with van der Waals surface area (Å²) in [6.45, 7) is 0. The van der Waals surface area contributed by atoms with Gasteiger partial charge < -0.3 is 20.1 Å². The van der Waals surface area contributed by atoms with Crippen molar-refractivity contribution in [2.24, 2.45) is 11.8 Å². The van der Waals surface area contributed by atoms with E-state index < -0.39 is 11.9 Å². The van der Waals surface area contributed by atoms with Crippen molar-refractivity contribution in [3.8, 4) is 11.5 Å². The number of ether oxygens (including phenoxy) is 1. The summed E-state index contributed by atoms with van der Waals surface area (Å²) >= 11 is 0. The van der Waals surface area contributed by atoms with E-state index in [1.54, 1.807) is 24.3 Å². The van der Waals surface area contributed by atoms with Gasteiger partial charge in [0.2, 0.25) is 0 Å². The summed E-state index contributed by atoms with van der Waals surface area (Å²) in [6, 6.07) is 4.31. The summed E-state index contributed by atoms with van der Waals surface area (Å²) < 4.78 is 5.18. The van der Waals surface area contributed by atoms with Gasteiger partial charge in [-0.25, -0.2) is 0 Å². The monoisotopic (exact) mass is 272 g/mol. The number of phenols is 2. The molecule has 3 N–H and O–H groups in total. The molecule has 1 aromatic carbocycles. The van der Waals surface area contributed by atoms with Gasteiger partial charge >= 0.3 is 5.97 Å². The molecule has 20 heavy (non-hydrogen) atoms. The molecule has 3 rings (SSSR count). The quantitative estimate of drug-likeness (QED) is 0.539. The van der Waals surface area contributed by atoms with Crippen molar-refractivity contribution in [1.82, 2.24) is 0 Å². The Morgan fingerprint density at radius 2 is 1.95 bits per heavy atom. The standard InChI is InChI=1S/C15H12O5/c16-10-5-4-8(6-12(10)18)7-13-9-2-1-3-11(17)14(9)15(19)20-13/h1-7,9,14,16-18H. The van der Waals surface area contributed by atoms with Crippen LogP contribution in [0.4, 0.5) is 0 Å².